The molecular formula is C34H50N4S. The molecule has 0 spiro atoms. The van der Waals surface area contributed by atoms with Gasteiger partial charge in [0.2, 0.25) is 0 Å². The molecule has 0 radical (unpaired) electrons. The molecule has 2 aliphatic rings. The third kappa shape index (κ3) is 7.73. The Bertz CT molecular complexity index is 1180. The summed E-state index contributed by atoms with van der Waals surface area (Å²) in [6.45, 7) is 20.0. The van der Waals surface area contributed by atoms with Crippen molar-refractivity contribution >= 4 is 33.1 Å². The molecule has 2 aromatic carbocycles. The molecule has 0 bridgehead atoms. The minimum Gasteiger partial charge on any atom is -0.383 e. The van der Waals surface area contributed by atoms with E-state index < -0.39 is 0 Å². The zero-order valence-corrected chi connectivity index (χ0v) is 25.4. The first-order valence-electron chi connectivity index (χ1n) is 14.9. The topological polar surface area (TPSA) is 54.2 Å². The molecular weight excluding hydrogens is 496 g/mol. The summed E-state index contributed by atoms with van der Waals surface area (Å²) in [5, 5.41) is 4.82. The summed E-state index contributed by atoms with van der Waals surface area (Å²) >= 11 is 1.60. The largest absolute Gasteiger partial charge is 0.383 e. The molecule has 212 valence electrons. The summed E-state index contributed by atoms with van der Waals surface area (Å²) in [5.41, 5.74) is 11.9. The van der Waals surface area contributed by atoms with Crippen LogP contribution in [0.4, 0.5) is 5.82 Å². The Balaban J connectivity index is 0.000000210. The van der Waals surface area contributed by atoms with Gasteiger partial charge < -0.3 is 16.0 Å². The normalized spacial score (nSPS) is 19.4. The van der Waals surface area contributed by atoms with Crippen LogP contribution in [0.5, 0.6) is 0 Å². The smallest absolute Gasteiger partial charge is 0.150 e. The summed E-state index contributed by atoms with van der Waals surface area (Å²) in [6, 6.07) is 15.3. The number of nitrogens with zero attached hydrogens (tertiary/aromatic N) is 2. The van der Waals surface area contributed by atoms with Crippen LogP contribution >= 0.6 is 11.5 Å². The maximum Gasteiger partial charge on any atom is 0.150 e. The Morgan fingerprint density at radius 2 is 1.77 bits per heavy atom. The van der Waals surface area contributed by atoms with Crippen molar-refractivity contribution in [1.29, 1.82) is 0 Å². The van der Waals surface area contributed by atoms with Crippen LogP contribution < -0.4 is 16.0 Å². The third-order valence-electron chi connectivity index (χ3n) is 8.22. The van der Waals surface area contributed by atoms with E-state index in [4.69, 9.17) is 5.73 Å². The highest BCUT2D eigenvalue weighted by atomic mass is 32.1. The molecule has 2 aliphatic carbocycles. The van der Waals surface area contributed by atoms with Gasteiger partial charge in [0, 0.05) is 36.3 Å². The fraction of sp³-hybridized carbons (Fsp3) is 0.500. The van der Waals surface area contributed by atoms with Crippen LogP contribution in [0.25, 0.3) is 15.8 Å². The fourth-order valence-corrected chi connectivity index (χ4v) is 6.91. The van der Waals surface area contributed by atoms with E-state index >= 15 is 0 Å². The minimum absolute atomic E-state index is 0.0472. The molecule has 0 saturated heterocycles. The van der Waals surface area contributed by atoms with Gasteiger partial charge in [-0.3, -0.25) is 0 Å². The number of hydrogen-bond donors (Lipinski definition) is 2. The lowest BCUT2D eigenvalue weighted by atomic mass is 9.86. The number of aryl methyl sites for hydroxylation is 2. The van der Waals surface area contributed by atoms with Gasteiger partial charge in [-0.05, 0) is 97.3 Å². The summed E-state index contributed by atoms with van der Waals surface area (Å²) < 4.78 is 5.89. The van der Waals surface area contributed by atoms with E-state index in [0.717, 1.165) is 31.8 Å². The van der Waals surface area contributed by atoms with E-state index in [0.29, 0.717) is 5.92 Å². The third-order valence-corrected chi connectivity index (χ3v) is 9.04. The fourth-order valence-electron chi connectivity index (χ4n) is 6.11. The Morgan fingerprint density at radius 1 is 1.05 bits per heavy atom. The second-order valence-electron chi connectivity index (χ2n) is 10.9. The molecule has 1 fully saturated rings. The summed E-state index contributed by atoms with van der Waals surface area (Å²) in [7, 11) is 0. The van der Waals surface area contributed by atoms with Gasteiger partial charge in [-0.15, -0.1) is 13.2 Å². The van der Waals surface area contributed by atoms with Crippen molar-refractivity contribution in [3.8, 4) is 0 Å². The van der Waals surface area contributed by atoms with Gasteiger partial charge >= 0.3 is 0 Å². The summed E-state index contributed by atoms with van der Waals surface area (Å²) in [6.07, 6.45) is 11.0. The average molecular weight is 547 g/mol. The molecule has 1 aromatic heterocycles. The van der Waals surface area contributed by atoms with Crippen molar-refractivity contribution in [2.75, 3.05) is 24.5 Å². The molecule has 5 rings (SSSR count). The molecule has 2 atom stereocenters. The highest BCUT2D eigenvalue weighted by Crippen LogP contribution is 2.36. The Morgan fingerprint density at radius 3 is 2.49 bits per heavy atom. The van der Waals surface area contributed by atoms with Gasteiger partial charge in [-0.25, -0.2) is 0 Å². The zero-order chi connectivity index (χ0) is 28.3. The van der Waals surface area contributed by atoms with Crippen LogP contribution in [0.15, 0.2) is 62.2 Å². The number of hydrogen-bond acceptors (Lipinski definition) is 5. The molecule has 2 unspecified atom stereocenters. The van der Waals surface area contributed by atoms with Gasteiger partial charge in [0.1, 0.15) is 5.82 Å². The van der Waals surface area contributed by atoms with Gasteiger partial charge in [0.25, 0.3) is 0 Å². The first kappa shape index (κ1) is 30.9. The number of rotatable bonds is 10. The Hall–Kier alpha value is -2.63. The number of anilines is 1. The van der Waals surface area contributed by atoms with Crippen LogP contribution in [-0.2, 0) is 12.8 Å². The van der Waals surface area contributed by atoms with Gasteiger partial charge in [0.15, 0.2) is 0 Å². The summed E-state index contributed by atoms with van der Waals surface area (Å²) in [5.74, 6) is 1.82. The lowest BCUT2D eigenvalue weighted by molar-refractivity contribution is 0.306. The number of fused-ring (bicyclic) bond motifs is 2. The van der Waals surface area contributed by atoms with Crippen LogP contribution in [0, 0.1) is 5.92 Å². The average Bonchev–Trinajstić information content (AvgIpc) is 3.71. The van der Waals surface area contributed by atoms with Crippen molar-refractivity contribution in [1.82, 2.24) is 9.69 Å². The predicted molar refractivity (Wildman–Crippen MR) is 174 cm³/mol. The first-order chi connectivity index (χ1) is 19.0. The number of aromatic nitrogens is 1. The molecule has 0 amide bonds. The maximum atomic E-state index is 6.63. The highest BCUT2D eigenvalue weighted by Gasteiger charge is 2.38. The van der Waals surface area contributed by atoms with Gasteiger partial charge in [-0.1, -0.05) is 64.5 Å². The number of nitrogens with two attached hydrogens (primary N) is 1. The maximum absolute atomic E-state index is 6.63. The highest BCUT2D eigenvalue weighted by molar-refractivity contribution is 7.13. The molecule has 39 heavy (non-hydrogen) atoms. The van der Waals surface area contributed by atoms with E-state index in [1.165, 1.54) is 84.0 Å². The van der Waals surface area contributed by atoms with Gasteiger partial charge in [0.05, 0.1) is 4.70 Å². The van der Waals surface area contributed by atoms with Crippen molar-refractivity contribution in [3.05, 3.63) is 78.9 Å². The SMILES string of the molecule is C=C.C=C(NCC1(N)CCCC1CC)c1ccc2c(c1)CCC2.CCCN(CCC)c1nsc2ccccc12. The quantitative estimate of drug-likeness (QED) is 0.251. The van der Waals surface area contributed by atoms with E-state index in [2.05, 4.69) is 97.6 Å². The van der Waals surface area contributed by atoms with Crippen molar-refractivity contribution in [3.63, 3.8) is 0 Å². The molecule has 1 heterocycles. The predicted octanol–water partition coefficient (Wildman–Crippen LogP) is 8.37. The van der Waals surface area contributed by atoms with Gasteiger partial charge in [-0.2, -0.15) is 4.37 Å². The van der Waals surface area contributed by atoms with Crippen LogP contribution in [0.1, 0.15) is 82.4 Å². The van der Waals surface area contributed by atoms with E-state index in [9.17, 15) is 0 Å². The Kier molecular flexibility index (Phi) is 12.1. The van der Waals surface area contributed by atoms with E-state index in [-0.39, 0.29) is 5.54 Å². The summed E-state index contributed by atoms with van der Waals surface area (Å²) in [4.78, 5) is 2.40. The van der Waals surface area contributed by atoms with Crippen LogP contribution in [0.3, 0.4) is 0 Å². The van der Waals surface area contributed by atoms with Crippen molar-refractivity contribution in [2.24, 2.45) is 11.7 Å². The molecule has 3 N–H and O–H groups in total. The monoisotopic (exact) mass is 546 g/mol. The Labute approximate surface area is 241 Å². The van der Waals surface area contributed by atoms with E-state index in [1.807, 2.05) is 0 Å². The first-order valence-corrected chi connectivity index (χ1v) is 15.7. The van der Waals surface area contributed by atoms with Crippen LogP contribution in [-0.4, -0.2) is 29.5 Å². The lowest BCUT2D eigenvalue weighted by Gasteiger charge is -2.32. The van der Waals surface area contributed by atoms with Crippen molar-refractivity contribution in [2.45, 2.75) is 84.1 Å². The second kappa shape index (κ2) is 15.2. The van der Waals surface area contributed by atoms with Crippen LogP contribution in [0.2, 0.25) is 0 Å². The molecule has 3 aromatic rings. The standard InChI is InChI=1S/C19H28N2.C13H18N2S.C2H4/c1-3-18-8-5-11-19(18,20)13-21-14(2)16-10-9-15-6-4-7-17(15)12-16;1-3-9-15(10-4-2)13-11-7-5-6-8-12(11)16-14-13;1-2/h9-10,12,18,21H,2-8,11,13,20H2,1H3;5-8H,3-4,9-10H2,1-2H3;1-2H2. The lowest BCUT2D eigenvalue weighted by Crippen LogP contribution is -2.51. The molecule has 5 heteroatoms. The molecule has 4 nitrogen and oxygen atoms in total. The molecule has 0 aliphatic heterocycles. The van der Waals surface area contributed by atoms with Crippen molar-refractivity contribution < 1.29 is 0 Å². The zero-order valence-electron chi connectivity index (χ0n) is 24.6. The number of benzene rings is 2. The molecule has 1 saturated carbocycles. The second-order valence-corrected chi connectivity index (χ2v) is 11.7. The van der Waals surface area contributed by atoms with E-state index in [1.54, 1.807) is 11.5 Å². The number of nitrogens with one attached hydrogen (secondary N) is 1. The minimum atomic E-state index is -0.0472.